The Morgan fingerprint density at radius 2 is 2.05 bits per heavy atom. The molecule has 2 atom stereocenters. The molecule has 1 aliphatic heterocycles. The van der Waals surface area contributed by atoms with Gasteiger partial charge >= 0.3 is 10.4 Å². The first kappa shape index (κ1) is 17.0. The molecule has 0 spiro atoms. The molecule has 0 aliphatic carbocycles. The lowest BCUT2D eigenvalue weighted by molar-refractivity contribution is -0.122. The fourth-order valence-electron chi connectivity index (χ4n) is 1.83. The van der Waals surface area contributed by atoms with Gasteiger partial charge in [-0.1, -0.05) is 10.3 Å². The zero-order valence-corrected chi connectivity index (χ0v) is 13.0. The predicted octanol–water partition coefficient (Wildman–Crippen LogP) is 0.367. The normalized spacial score (nSPS) is 26.9. The largest absolute Gasteiger partial charge is 0.399 e. The van der Waals surface area contributed by atoms with Gasteiger partial charge in [-0.3, -0.25) is 9.35 Å². The van der Waals surface area contributed by atoms with E-state index in [1.54, 1.807) is 24.3 Å². The number of benzene rings is 1. The molecule has 1 aromatic carbocycles. The van der Waals surface area contributed by atoms with Crippen molar-refractivity contribution in [3.63, 3.8) is 0 Å². The van der Waals surface area contributed by atoms with E-state index in [9.17, 15) is 13.2 Å². The second kappa shape index (κ2) is 6.40. The minimum atomic E-state index is -4.60. The summed E-state index contributed by atoms with van der Waals surface area (Å²) in [5.74, 6) is 0.0335. The van der Waals surface area contributed by atoms with Gasteiger partial charge in [0, 0.05) is 29.3 Å². The van der Waals surface area contributed by atoms with Crippen LogP contribution in [0.25, 0.3) is 0 Å². The van der Waals surface area contributed by atoms with Crippen LogP contribution in [-0.4, -0.2) is 47.6 Å². The molecule has 0 radical (unpaired) electrons. The summed E-state index contributed by atoms with van der Waals surface area (Å²) in [5.41, 5.74) is 5.58. The van der Waals surface area contributed by atoms with Crippen LogP contribution in [0, 0.1) is 0 Å². The van der Waals surface area contributed by atoms with Crippen molar-refractivity contribution in [3.05, 3.63) is 29.8 Å². The van der Waals surface area contributed by atoms with Crippen LogP contribution in [0.1, 0.15) is 10.4 Å². The molecule has 5 N–H and O–H groups in total. The number of anilines is 1. The molecule has 0 bridgehead atoms. The molecule has 11 heteroatoms. The summed E-state index contributed by atoms with van der Waals surface area (Å²) in [6.45, 7) is 0.157. The summed E-state index contributed by atoms with van der Waals surface area (Å²) >= 11 is 0. The zero-order valence-electron chi connectivity index (χ0n) is 11.3. The Hall–Kier alpha value is -1.37. The third-order valence-corrected chi connectivity index (χ3v) is 6.51. The summed E-state index contributed by atoms with van der Waals surface area (Å²) in [5, 5.41) is 11.5. The Morgan fingerprint density at radius 3 is 2.59 bits per heavy atom. The third kappa shape index (κ3) is 4.32. The molecule has 1 aliphatic rings. The minimum Gasteiger partial charge on any atom is -0.399 e. The van der Waals surface area contributed by atoms with Crippen molar-refractivity contribution in [1.82, 2.24) is 5.32 Å². The number of nitrogen functional groups attached to an aromatic ring is 1. The van der Waals surface area contributed by atoms with Gasteiger partial charge in [0.25, 0.3) is 5.91 Å². The highest BCUT2D eigenvalue weighted by molar-refractivity contribution is 8.36. The van der Waals surface area contributed by atoms with E-state index < -0.39 is 26.1 Å². The molecular formula is C11H16N2O7S2. The summed E-state index contributed by atoms with van der Waals surface area (Å²) < 4.78 is 38.5. The maximum atomic E-state index is 11.8. The first-order valence-electron chi connectivity index (χ1n) is 6.16. The number of carbonyl (C=O) groups excluding carboxylic acids is 1. The Morgan fingerprint density at radius 1 is 1.41 bits per heavy atom. The fourth-order valence-corrected chi connectivity index (χ4v) is 5.14. The van der Waals surface area contributed by atoms with E-state index in [1.165, 1.54) is 0 Å². The Labute approximate surface area is 128 Å². The van der Waals surface area contributed by atoms with Crippen molar-refractivity contribution in [2.24, 2.45) is 0 Å². The standard InChI is InChI=1S/C11H16N2O7S2/c12-9-3-1-8(2-4-9)11(14)13-5-6-21(20-15)7-10(21)19-22(16,17)18/h1-4,10,15H,5-7,12H2,(H,13,14)(H,16,17,18). The quantitative estimate of drug-likeness (QED) is 0.181. The fraction of sp³-hybridized carbons (Fsp3) is 0.364. The van der Waals surface area contributed by atoms with E-state index in [4.69, 9.17) is 15.5 Å². The van der Waals surface area contributed by atoms with E-state index in [0.29, 0.717) is 11.3 Å². The Kier molecular flexibility index (Phi) is 4.94. The first-order valence-corrected chi connectivity index (χ1v) is 9.48. The van der Waals surface area contributed by atoms with Crippen LogP contribution in [0.5, 0.6) is 0 Å². The van der Waals surface area contributed by atoms with Crippen molar-refractivity contribution in [2.45, 2.75) is 5.44 Å². The number of carbonyl (C=O) groups is 1. The number of amides is 1. The number of nitrogens with two attached hydrogens (primary N) is 1. The highest BCUT2D eigenvalue weighted by Crippen LogP contribution is 2.68. The Balaban J connectivity index is 1.83. The van der Waals surface area contributed by atoms with Crippen LogP contribution in [0.15, 0.2) is 24.3 Å². The average Bonchev–Trinajstić information content (AvgIpc) is 3.10. The second-order valence-electron chi connectivity index (χ2n) is 4.65. The topological polar surface area (TPSA) is 148 Å². The number of hydrogen-bond acceptors (Lipinski definition) is 7. The van der Waals surface area contributed by atoms with E-state index >= 15 is 0 Å². The maximum Gasteiger partial charge on any atom is 0.398 e. The van der Waals surface area contributed by atoms with Gasteiger partial charge in [0.05, 0.1) is 0 Å². The van der Waals surface area contributed by atoms with Crippen molar-refractivity contribution in [1.29, 1.82) is 0 Å². The van der Waals surface area contributed by atoms with Crippen LogP contribution in [0.4, 0.5) is 5.69 Å². The smallest absolute Gasteiger partial charge is 0.398 e. The van der Waals surface area contributed by atoms with Gasteiger partial charge in [0.15, 0.2) is 0 Å². The van der Waals surface area contributed by atoms with E-state index in [0.717, 1.165) is 0 Å². The summed E-state index contributed by atoms with van der Waals surface area (Å²) in [6, 6.07) is 6.32. The summed E-state index contributed by atoms with van der Waals surface area (Å²) in [6.07, 6.45) is 0. The van der Waals surface area contributed by atoms with Crippen LogP contribution in [-0.2, 0) is 18.9 Å². The van der Waals surface area contributed by atoms with Gasteiger partial charge < -0.3 is 11.1 Å². The molecule has 9 nitrogen and oxygen atoms in total. The van der Waals surface area contributed by atoms with Gasteiger partial charge in [0.1, 0.15) is 5.44 Å². The van der Waals surface area contributed by atoms with Gasteiger partial charge in [-0.05, 0) is 24.3 Å². The molecule has 2 rings (SSSR count). The molecule has 1 saturated heterocycles. The summed E-state index contributed by atoms with van der Waals surface area (Å²) in [7, 11) is -6.77. The van der Waals surface area contributed by atoms with Gasteiger partial charge in [-0.25, -0.2) is 9.44 Å². The highest BCUT2D eigenvalue weighted by atomic mass is 32.3. The second-order valence-corrected chi connectivity index (χ2v) is 8.85. The van der Waals surface area contributed by atoms with Crippen LogP contribution in [0.3, 0.4) is 0 Å². The Bertz CT molecular complexity index is 649. The molecule has 1 fully saturated rings. The third-order valence-electron chi connectivity index (χ3n) is 3.07. The van der Waals surface area contributed by atoms with Crippen LogP contribution < -0.4 is 11.1 Å². The van der Waals surface area contributed by atoms with Crippen LogP contribution >= 0.6 is 10.3 Å². The lowest BCUT2D eigenvalue weighted by atomic mass is 10.2. The molecule has 124 valence electrons. The number of nitrogens with one attached hydrogen (secondary N) is 1. The molecule has 1 aromatic rings. The molecule has 2 unspecified atom stereocenters. The first-order chi connectivity index (χ1) is 10.3. The SMILES string of the molecule is Nc1ccc(C(=O)NCCS2(OO)CC2OS(=O)(=O)O)cc1. The average molecular weight is 352 g/mol. The highest BCUT2D eigenvalue weighted by Gasteiger charge is 2.55. The van der Waals surface area contributed by atoms with Crippen molar-refractivity contribution in [3.8, 4) is 0 Å². The van der Waals surface area contributed by atoms with Crippen LogP contribution in [0.2, 0.25) is 0 Å². The van der Waals surface area contributed by atoms with E-state index in [-0.39, 0.29) is 24.0 Å². The molecule has 1 heterocycles. The molecule has 0 saturated carbocycles. The van der Waals surface area contributed by atoms with Crippen molar-refractivity contribution in [2.75, 3.05) is 23.8 Å². The van der Waals surface area contributed by atoms with Crippen molar-refractivity contribution < 1.29 is 31.5 Å². The summed E-state index contributed by atoms with van der Waals surface area (Å²) in [4.78, 5) is 11.8. The monoisotopic (exact) mass is 352 g/mol. The zero-order chi connectivity index (χ0) is 16.4. The van der Waals surface area contributed by atoms with E-state index in [1.807, 2.05) is 0 Å². The molecule has 22 heavy (non-hydrogen) atoms. The minimum absolute atomic E-state index is 0.157. The molecule has 0 aromatic heterocycles. The van der Waals surface area contributed by atoms with E-state index in [2.05, 4.69) is 13.8 Å². The van der Waals surface area contributed by atoms with Crippen molar-refractivity contribution >= 4 is 32.3 Å². The lowest BCUT2D eigenvalue weighted by Crippen LogP contribution is -2.27. The lowest BCUT2D eigenvalue weighted by Gasteiger charge is -2.17. The predicted molar refractivity (Wildman–Crippen MR) is 80.6 cm³/mol. The molecule has 1 amide bonds. The number of rotatable bonds is 7. The number of hydrogen-bond donors (Lipinski definition) is 4. The van der Waals surface area contributed by atoms with Gasteiger partial charge in [-0.15, -0.1) is 0 Å². The molecular weight excluding hydrogens is 336 g/mol. The van der Waals surface area contributed by atoms with Gasteiger partial charge in [0.2, 0.25) is 0 Å². The maximum absolute atomic E-state index is 11.8. The van der Waals surface area contributed by atoms with Gasteiger partial charge in [-0.2, -0.15) is 12.8 Å².